The SMILES string of the molecule is CCOC(=O)CN=Cc1c(O)cc(OC)cc1CC. The van der Waals surface area contributed by atoms with Crippen molar-refractivity contribution in [3.05, 3.63) is 23.3 Å². The fourth-order valence-corrected chi connectivity index (χ4v) is 1.65. The molecule has 104 valence electrons. The largest absolute Gasteiger partial charge is 0.507 e. The number of phenolic OH excluding ortho intramolecular Hbond substituents is 1. The van der Waals surface area contributed by atoms with Gasteiger partial charge in [-0.05, 0) is 25.0 Å². The lowest BCUT2D eigenvalue weighted by molar-refractivity contribution is -0.141. The van der Waals surface area contributed by atoms with Crippen LogP contribution in [-0.2, 0) is 16.0 Å². The molecule has 0 aliphatic rings. The first-order chi connectivity index (χ1) is 9.12. The van der Waals surface area contributed by atoms with Crippen molar-refractivity contribution in [1.29, 1.82) is 0 Å². The molecule has 0 saturated carbocycles. The third-order valence-electron chi connectivity index (χ3n) is 2.58. The Hall–Kier alpha value is -2.04. The van der Waals surface area contributed by atoms with Gasteiger partial charge in [0.1, 0.15) is 18.0 Å². The number of rotatable bonds is 6. The van der Waals surface area contributed by atoms with Gasteiger partial charge in [0, 0.05) is 17.8 Å². The highest BCUT2D eigenvalue weighted by Gasteiger charge is 2.08. The molecule has 5 nitrogen and oxygen atoms in total. The van der Waals surface area contributed by atoms with Crippen LogP contribution in [0.2, 0.25) is 0 Å². The number of carbonyl (C=O) groups excluding carboxylic acids is 1. The molecular formula is C14H19NO4. The number of methoxy groups -OCH3 is 1. The minimum atomic E-state index is -0.384. The Balaban J connectivity index is 2.88. The van der Waals surface area contributed by atoms with Crippen molar-refractivity contribution < 1.29 is 19.4 Å². The average molecular weight is 265 g/mol. The van der Waals surface area contributed by atoms with Gasteiger partial charge >= 0.3 is 5.97 Å². The van der Waals surface area contributed by atoms with Crippen molar-refractivity contribution in [2.24, 2.45) is 4.99 Å². The van der Waals surface area contributed by atoms with Crippen LogP contribution >= 0.6 is 0 Å². The van der Waals surface area contributed by atoms with E-state index in [0.717, 1.165) is 12.0 Å². The van der Waals surface area contributed by atoms with Crippen LogP contribution in [0.1, 0.15) is 25.0 Å². The minimum absolute atomic E-state index is 0.0531. The van der Waals surface area contributed by atoms with Gasteiger partial charge in [-0.15, -0.1) is 0 Å². The maximum atomic E-state index is 11.2. The Kier molecular flexibility index (Phi) is 5.85. The predicted octanol–water partition coefficient (Wildman–Crippen LogP) is 1.95. The number of benzene rings is 1. The second kappa shape index (κ2) is 7.41. The summed E-state index contributed by atoms with van der Waals surface area (Å²) in [6, 6.07) is 3.36. The second-order valence-electron chi connectivity index (χ2n) is 3.85. The smallest absolute Gasteiger partial charge is 0.327 e. The van der Waals surface area contributed by atoms with Gasteiger partial charge in [0.2, 0.25) is 0 Å². The van der Waals surface area contributed by atoms with Gasteiger partial charge in [-0.2, -0.15) is 0 Å². The minimum Gasteiger partial charge on any atom is -0.507 e. The summed E-state index contributed by atoms with van der Waals surface area (Å²) in [6.45, 7) is 3.99. The maximum absolute atomic E-state index is 11.2. The summed E-state index contributed by atoms with van der Waals surface area (Å²) >= 11 is 0. The van der Waals surface area contributed by atoms with E-state index >= 15 is 0 Å². The number of aromatic hydroxyl groups is 1. The van der Waals surface area contributed by atoms with Gasteiger partial charge in [0.15, 0.2) is 0 Å². The van der Waals surface area contributed by atoms with Crippen molar-refractivity contribution >= 4 is 12.2 Å². The molecule has 1 aromatic carbocycles. The number of esters is 1. The standard InChI is InChI=1S/C14H19NO4/c1-4-10-6-11(18-3)7-13(16)12(10)8-15-9-14(17)19-5-2/h6-8,16H,4-5,9H2,1-3H3. The number of hydrogen-bond donors (Lipinski definition) is 1. The summed E-state index contributed by atoms with van der Waals surface area (Å²) in [5.41, 5.74) is 1.51. The van der Waals surface area contributed by atoms with E-state index in [9.17, 15) is 9.90 Å². The van der Waals surface area contributed by atoms with E-state index in [4.69, 9.17) is 9.47 Å². The maximum Gasteiger partial charge on any atom is 0.327 e. The van der Waals surface area contributed by atoms with Gasteiger partial charge in [0.25, 0.3) is 0 Å². The van der Waals surface area contributed by atoms with Crippen molar-refractivity contribution in [2.45, 2.75) is 20.3 Å². The molecule has 1 aromatic rings. The molecule has 0 heterocycles. The van der Waals surface area contributed by atoms with E-state index in [0.29, 0.717) is 17.9 Å². The molecule has 0 unspecified atom stereocenters. The van der Waals surface area contributed by atoms with E-state index in [-0.39, 0.29) is 18.3 Å². The summed E-state index contributed by atoms with van der Waals surface area (Å²) in [5.74, 6) is 0.297. The van der Waals surface area contributed by atoms with Crippen molar-refractivity contribution in [2.75, 3.05) is 20.3 Å². The Labute approximate surface area is 112 Å². The van der Waals surface area contributed by atoms with Crippen LogP contribution in [0.3, 0.4) is 0 Å². The molecule has 0 spiro atoms. The first-order valence-electron chi connectivity index (χ1n) is 6.17. The van der Waals surface area contributed by atoms with E-state index in [1.165, 1.54) is 12.3 Å². The summed E-state index contributed by atoms with van der Waals surface area (Å²) in [7, 11) is 1.54. The van der Waals surface area contributed by atoms with Gasteiger partial charge in [-0.25, -0.2) is 0 Å². The fourth-order valence-electron chi connectivity index (χ4n) is 1.65. The van der Waals surface area contributed by atoms with Crippen LogP contribution in [0.25, 0.3) is 0 Å². The quantitative estimate of drug-likeness (QED) is 0.630. The normalized spacial score (nSPS) is 10.7. The van der Waals surface area contributed by atoms with Crippen LogP contribution in [-0.4, -0.2) is 37.6 Å². The van der Waals surface area contributed by atoms with E-state index in [1.54, 1.807) is 14.0 Å². The Morgan fingerprint density at radius 1 is 1.42 bits per heavy atom. The van der Waals surface area contributed by atoms with Gasteiger partial charge < -0.3 is 14.6 Å². The Morgan fingerprint density at radius 2 is 2.16 bits per heavy atom. The van der Waals surface area contributed by atoms with Crippen LogP contribution in [0, 0.1) is 0 Å². The number of aliphatic imine (C=N–C) groups is 1. The zero-order valence-corrected chi connectivity index (χ0v) is 11.5. The molecule has 0 bridgehead atoms. The average Bonchev–Trinajstić information content (AvgIpc) is 2.40. The van der Waals surface area contributed by atoms with Gasteiger partial charge in [-0.1, -0.05) is 6.92 Å². The van der Waals surface area contributed by atoms with Crippen LogP contribution < -0.4 is 4.74 Å². The van der Waals surface area contributed by atoms with Crippen molar-refractivity contribution in [1.82, 2.24) is 0 Å². The summed E-state index contributed by atoms with van der Waals surface area (Å²) in [6.07, 6.45) is 2.22. The molecular weight excluding hydrogens is 246 g/mol. The topological polar surface area (TPSA) is 68.1 Å². The Bertz CT molecular complexity index is 469. The van der Waals surface area contributed by atoms with Crippen molar-refractivity contribution in [3.8, 4) is 11.5 Å². The third kappa shape index (κ3) is 4.28. The number of phenols is 1. The molecule has 0 aromatic heterocycles. The molecule has 19 heavy (non-hydrogen) atoms. The molecule has 1 N–H and O–H groups in total. The van der Waals surface area contributed by atoms with Crippen LogP contribution in [0.4, 0.5) is 0 Å². The summed E-state index contributed by atoms with van der Waals surface area (Å²) in [4.78, 5) is 15.1. The van der Waals surface area contributed by atoms with Gasteiger partial charge in [-0.3, -0.25) is 9.79 Å². The van der Waals surface area contributed by atoms with E-state index in [2.05, 4.69) is 4.99 Å². The predicted molar refractivity (Wildman–Crippen MR) is 73.1 cm³/mol. The van der Waals surface area contributed by atoms with E-state index in [1.807, 2.05) is 13.0 Å². The molecule has 1 rings (SSSR count). The molecule has 0 saturated heterocycles. The first-order valence-corrected chi connectivity index (χ1v) is 6.17. The zero-order valence-electron chi connectivity index (χ0n) is 11.5. The number of aryl methyl sites for hydroxylation is 1. The van der Waals surface area contributed by atoms with E-state index < -0.39 is 0 Å². The molecule has 0 aliphatic carbocycles. The molecule has 0 atom stereocenters. The number of carbonyl (C=O) groups is 1. The fraction of sp³-hybridized carbons (Fsp3) is 0.429. The highest BCUT2D eigenvalue weighted by atomic mass is 16.5. The van der Waals surface area contributed by atoms with Gasteiger partial charge in [0.05, 0.1) is 13.7 Å². The highest BCUT2D eigenvalue weighted by Crippen LogP contribution is 2.26. The molecule has 0 radical (unpaired) electrons. The monoisotopic (exact) mass is 265 g/mol. The first kappa shape index (κ1) is 15.0. The summed E-state index contributed by atoms with van der Waals surface area (Å²) in [5, 5.41) is 9.92. The summed E-state index contributed by atoms with van der Waals surface area (Å²) < 4.78 is 9.86. The lowest BCUT2D eigenvalue weighted by Crippen LogP contribution is -2.07. The second-order valence-corrected chi connectivity index (χ2v) is 3.85. The lowest BCUT2D eigenvalue weighted by atomic mass is 10.0. The Morgan fingerprint density at radius 3 is 2.74 bits per heavy atom. The molecule has 0 aliphatic heterocycles. The zero-order chi connectivity index (χ0) is 14.3. The molecule has 0 amide bonds. The highest BCUT2D eigenvalue weighted by molar-refractivity contribution is 5.87. The number of ether oxygens (including phenoxy) is 2. The molecule has 5 heteroatoms. The van der Waals surface area contributed by atoms with Crippen LogP contribution in [0.15, 0.2) is 17.1 Å². The molecule has 0 fully saturated rings. The lowest BCUT2D eigenvalue weighted by Gasteiger charge is -2.09. The third-order valence-corrected chi connectivity index (χ3v) is 2.58. The van der Waals surface area contributed by atoms with Crippen molar-refractivity contribution in [3.63, 3.8) is 0 Å². The van der Waals surface area contributed by atoms with Crippen LogP contribution in [0.5, 0.6) is 11.5 Å². The number of nitrogens with zero attached hydrogens (tertiary/aromatic N) is 1. The number of hydrogen-bond acceptors (Lipinski definition) is 5.